The zero-order valence-electron chi connectivity index (χ0n) is 16.8. The van der Waals surface area contributed by atoms with Crippen molar-refractivity contribution in [2.24, 2.45) is 5.10 Å². The van der Waals surface area contributed by atoms with Gasteiger partial charge in [0.05, 0.1) is 16.3 Å². The third-order valence-corrected chi connectivity index (χ3v) is 6.07. The third kappa shape index (κ3) is 6.88. The molecule has 6 nitrogen and oxygen atoms in total. The number of benzene rings is 3. The van der Waals surface area contributed by atoms with Gasteiger partial charge in [0.25, 0.3) is 5.91 Å². The molecule has 32 heavy (non-hydrogen) atoms. The predicted octanol–water partition coefficient (Wildman–Crippen LogP) is 5.87. The van der Waals surface area contributed by atoms with Crippen LogP contribution in [0.1, 0.15) is 21.5 Å². The summed E-state index contributed by atoms with van der Waals surface area (Å²) in [5.74, 6) is -0.0332. The minimum Gasteiger partial charge on any atom is -0.484 e. The molecule has 0 fully saturated rings. The highest BCUT2D eigenvalue weighted by atomic mass is 127. The monoisotopic (exact) mass is 670 g/mol. The van der Waals surface area contributed by atoms with Crippen molar-refractivity contribution in [2.75, 3.05) is 6.61 Å². The average molecular weight is 672 g/mol. The van der Waals surface area contributed by atoms with Crippen molar-refractivity contribution in [3.8, 4) is 11.5 Å². The van der Waals surface area contributed by atoms with Gasteiger partial charge in [-0.3, -0.25) is 4.79 Å². The number of carbonyl (C=O) groups excluding carboxylic acids is 2. The summed E-state index contributed by atoms with van der Waals surface area (Å²) < 4.78 is 13.2. The second kappa shape index (κ2) is 11.6. The predicted molar refractivity (Wildman–Crippen MR) is 138 cm³/mol. The lowest BCUT2D eigenvalue weighted by Gasteiger charge is -2.11. The molecule has 3 rings (SSSR count). The van der Waals surface area contributed by atoms with Gasteiger partial charge in [0.15, 0.2) is 12.4 Å². The fourth-order valence-electron chi connectivity index (χ4n) is 2.62. The Kier molecular flexibility index (Phi) is 8.83. The van der Waals surface area contributed by atoms with Crippen LogP contribution in [0.3, 0.4) is 0 Å². The maximum atomic E-state index is 12.7. The number of amides is 1. The van der Waals surface area contributed by atoms with Crippen LogP contribution >= 0.6 is 54.5 Å². The molecule has 0 radical (unpaired) electrons. The molecule has 0 unspecified atom stereocenters. The van der Waals surface area contributed by atoms with Crippen molar-refractivity contribution in [1.29, 1.82) is 0 Å². The normalized spacial score (nSPS) is 10.8. The van der Waals surface area contributed by atoms with Crippen molar-refractivity contribution in [2.45, 2.75) is 6.92 Å². The summed E-state index contributed by atoms with van der Waals surface area (Å²) in [6.07, 6.45) is 1.40. The Morgan fingerprint density at radius 1 is 1.09 bits per heavy atom. The second-order valence-corrected chi connectivity index (χ2v) is 9.51. The number of halogens is 3. The van der Waals surface area contributed by atoms with Crippen LogP contribution in [-0.2, 0) is 4.79 Å². The summed E-state index contributed by atoms with van der Waals surface area (Å²) in [6, 6.07) is 18.0. The molecule has 0 aliphatic heterocycles. The van der Waals surface area contributed by atoms with Gasteiger partial charge < -0.3 is 9.47 Å². The first kappa shape index (κ1) is 24.4. The van der Waals surface area contributed by atoms with Crippen molar-refractivity contribution in [1.82, 2.24) is 5.43 Å². The zero-order chi connectivity index (χ0) is 23.1. The first-order chi connectivity index (χ1) is 15.3. The van der Waals surface area contributed by atoms with E-state index in [1.807, 2.05) is 37.3 Å². The van der Waals surface area contributed by atoms with Gasteiger partial charge >= 0.3 is 5.97 Å². The van der Waals surface area contributed by atoms with Crippen LogP contribution in [0, 0.1) is 10.5 Å². The van der Waals surface area contributed by atoms with E-state index in [1.54, 1.807) is 30.3 Å². The quantitative estimate of drug-likeness (QED) is 0.112. The largest absolute Gasteiger partial charge is 0.484 e. The first-order valence-electron chi connectivity index (χ1n) is 9.30. The fourth-order valence-corrected chi connectivity index (χ4v) is 4.57. The average Bonchev–Trinajstić information content (AvgIpc) is 2.75. The van der Waals surface area contributed by atoms with Crippen molar-refractivity contribution in [3.63, 3.8) is 0 Å². The number of nitrogens with one attached hydrogen (secondary N) is 1. The smallest absolute Gasteiger partial charge is 0.344 e. The summed E-state index contributed by atoms with van der Waals surface area (Å²) in [6.45, 7) is 1.76. The van der Waals surface area contributed by atoms with E-state index in [0.29, 0.717) is 21.3 Å². The van der Waals surface area contributed by atoms with Crippen molar-refractivity contribution < 1.29 is 19.1 Å². The van der Waals surface area contributed by atoms with Crippen LogP contribution in [0.4, 0.5) is 0 Å². The number of rotatable bonds is 7. The van der Waals surface area contributed by atoms with Crippen LogP contribution in [0.5, 0.6) is 11.5 Å². The highest BCUT2D eigenvalue weighted by Gasteiger charge is 2.17. The molecule has 9 heteroatoms. The Balaban J connectivity index is 1.69. The van der Waals surface area contributed by atoms with E-state index in [9.17, 15) is 9.59 Å². The van der Waals surface area contributed by atoms with Gasteiger partial charge in [0.1, 0.15) is 5.75 Å². The number of ether oxygens (including phenoxy) is 2. The van der Waals surface area contributed by atoms with Gasteiger partial charge in [-0.05, 0) is 87.4 Å². The van der Waals surface area contributed by atoms with E-state index in [2.05, 4.69) is 65.0 Å². The maximum Gasteiger partial charge on any atom is 0.344 e. The molecule has 0 heterocycles. The number of aryl methyl sites for hydroxylation is 1. The number of esters is 1. The van der Waals surface area contributed by atoms with E-state index in [4.69, 9.17) is 9.47 Å². The van der Waals surface area contributed by atoms with Crippen molar-refractivity contribution >= 4 is 72.5 Å². The van der Waals surface area contributed by atoms with Gasteiger partial charge in [0.2, 0.25) is 0 Å². The Morgan fingerprint density at radius 3 is 2.62 bits per heavy atom. The molecule has 1 amide bonds. The van der Waals surface area contributed by atoms with E-state index in [1.165, 1.54) is 6.21 Å². The first-order valence-corrected chi connectivity index (χ1v) is 12.0. The lowest BCUT2D eigenvalue weighted by Crippen LogP contribution is -2.24. The SMILES string of the molecule is Cc1cccc(OCC(=O)N/N=C\c2cc(Br)cc(Br)c2OC(=O)c2ccccc2I)c1. The van der Waals surface area contributed by atoms with Crippen molar-refractivity contribution in [3.05, 3.63) is 89.9 Å². The van der Waals surface area contributed by atoms with E-state index >= 15 is 0 Å². The molecular weight excluding hydrogens is 655 g/mol. The molecule has 0 aliphatic carbocycles. The summed E-state index contributed by atoms with van der Waals surface area (Å²) in [7, 11) is 0. The third-order valence-electron chi connectivity index (χ3n) is 4.08. The number of hydrazone groups is 1. The standard InChI is InChI=1S/C23H17Br2IN2O4/c1-14-5-4-6-17(9-14)31-13-21(29)28-27-12-15-10-16(24)11-19(25)22(15)32-23(30)18-7-2-3-8-20(18)26/h2-12H,13H2,1H3,(H,28,29)/b27-12-. The summed E-state index contributed by atoms with van der Waals surface area (Å²) in [5.41, 5.74) is 4.39. The molecular formula is C23H17Br2IN2O4. The number of nitrogens with zero attached hydrogens (tertiary/aromatic N) is 1. The highest BCUT2D eigenvalue weighted by Crippen LogP contribution is 2.33. The molecule has 164 valence electrons. The molecule has 0 spiro atoms. The summed E-state index contributed by atoms with van der Waals surface area (Å²) >= 11 is 8.90. The lowest BCUT2D eigenvalue weighted by atomic mass is 10.2. The van der Waals surface area contributed by atoms with Gasteiger partial charge in [-0.1, -0.05) is 40.2 Å². The number of hydrogen-bond acceptors (Lipinski definition) is 5. The molecule has 3 aromatic carbocycles. The highest BCUT2D eigenvalue weighted by molar-refractivity contribution is 14.1. The fraction of sp³-hybridized carbons (Fsp3) is 0.0870. The van der Waals surface area contributed by atoms with Gasteiger partial charge in [-0.15, -0.1) is 0 Å². The summed E-state index contributed by atoms with van der Waals surface area (Å²) in [4.78, 5) is 24.7. The molecule has 0 bridgehead atoms. The molecule has 0 aliphatic rings. The van der Waals surface area contributed by atoms with E-state index < -0.39 is 11.9 Å². The number of carbonyl (C=O) groups is 2. The minimum atomic E-state index is -0.497. The molecule has 1 N–H and O–H groups in total. The molecule has 0 aromatic heterocycles. The van der Waals surface area contributed by atoms with E-state index in [-0.39, 0.29) is 12.4 Å². The summed E-state index contributed by atoms with van der Waals surface area (Å²) in [5, 5.41) is 3.97. The van der Waals surface area contributed by atoms with Crippen LogP contribution in [0.25, 0.3) is 0 Å². The topological polar surface area (TPSA) is 77.0 Å². The lowest BCUT2D eigenvalue weighted by molar-refractivity contribution is -0.123. The Morgan fingerprint density at radius 2 is 1.88 bits per heavy atom. The van der Waals surface area contributed by atoms with Gasteiger partial charge in [0, 0.05) is 13.6 Å². The zero-order valence-corrected chi connectivity index (χ0v) is 22.1. The maximum absolute atomic E-state index is 12.7. The van der Waals surface area contributed by atoms with Gasteiger partial charge in [-0.2, -0.15) is 5.10 Å². The molecule has 0 saturated carbocycles. The molecule has 3 aromatic rings. The van der Waals surface area contributed by atoms with Crippen LogP contribution in [0.15, 0.2) is 74.7 Å². The Bertz CT molecular complexity index is 1180. The minimum absolute atomic E-state index is 0.183. The Hall–Kier alpha value is -2.24. The molecule has 0 atom stereocenters. The molecule has 0 saturated heterocycles. The van der Waals surface area contributed by atoms with Gasteiger partial charge in [-0.25, -0.2) is 10.2 Å². The van der Waals surface area contributed by atoms with E-state index in [0.717, 1.165) is 13.6 Å². The van der Waals surface area contributed by atoms with Crippen LogP contribution < -0.4 is 14.9 Å². The second-order valence-electron chi connectivity index (χ2n) is 6.57. The Labute approximate surface area is 215 Å². The van der Waals surface area contributed by atoms with Crippen LogP contribution in [-0.4, -0.2) is 24.7 Å². The van der Waals surface area contributed by atoms with Crippen LogP contribution in [0.2, 0.25) is 0 Å². The number of hydrogen-bond donors (Lipinski definition) is 1.